The predicted octanol–water partition coefficient (Wildman–Crippen LogP) is 0.216. The van der Waals surface area contributed by atoms with Crippen molar-refractivity contribution in [3.63, 3.8) is 0 Å². The Morgan fingerprint density at radius 1 is 1.33 bits per heavy atom. The van der Waals surface area contributed by atoms with Gasteiger partial charge in [0.25, 0.3) is 0 Å². The number of aromatic nitrogens is 4. The van der Waals surface area contributed by atoms with Crippen molar-refractivity contribution in [2.24, 2.45) is 0 Å². The third kappa shape index (κ3) is 6.50. The van der Waals surface area contributed by atoms with Gasteiger partial charge in [-0.15, -0.1) is 10.2 Å². The first-order valence-electron chi connectivity index (χ1n) is 5.67. The van der Waals surface area contributed by atoms with Crippen LogP contribution in [-0.4, -0.2) is 64.9 Å². The van der Waals surface area contributed by atoms with Crippen LogP contribution < -0.4 is 5.32 Å². The minimum Gasteiger partial charge on any atom is -0.318 e. The zero-order chi connectivity index (χ0) is 13.4. The van der Waals surface area contributed by atoms with Gasteiger partial charge in [-0.2, -0.15) is 18.4 Å². The van der Waals surface area contributed by atoms with Crippen LogP contribution in [0.15, 0.2) is 0 Å². The molecular weight excluding hydrogens is 249 g/mol. The van der Waals surface area contributed by atoms with Gasteiger partial charge in [-0.25, -0.2) is 0 Å². The van der Waals surface area contributed by atoms with E-state index in [1.165, 1.54) is 4.90 Å². The summed E-state index contributed by atoms with van der Waals surface area (Å²) in [5, 5.41) is 16.0. The number of hydrogen-bond acceptors (Lipinski definition) is 5. The quantitative estimate of drug-likeness (QED) is 0.704. The number of halogens is 3. The van der Waals surface area contributed by atoms with E-state index in [1.807, 2.05) is 0 Å². The molecule has 0 fully saturated rings. The van der Waals surface area contributed by atoms with Gasteiger partial charge in [0.05, 0.1) is 6.54 Å². The average Bonchev–Trinajstić information content (AvgIpc) is 2.76. The molecule has 0 aliphatic rings. The van der Waals surface area contributed by atoms with Crippen molar-refractivity contribution >= 4 is 0 Å². The number of H-pyrrole nitrogens is 1. The Bertz CT molecular complexity index is 313. The monoisotopic (exact) mass is 266 g/mol. The highest BCUT2D eigenvalue weighted by atomic mass is 19.4. The highest BCUT2D eigenvalue weighted by Gasteiger charge is 2.30. The predicted molar refractivity (Wildman–Crippen MR) is 58.9 cm³/mol. The number of aryl methyl sites for hydroxylation is 1. The van der Waals surface area contributed by atoms with Crippen LogP contribution >= 0.6 is 0 Å². The molecular formula is C9H17F3N6. The number of tetrazole rings is 1. The summed E-state index contributed by atoms with van der Waals surface area (Å²) in [5.41, 5.74) is 0. The molecule has 0 spiro atoms. The highest BCUT2D eigenvalue weighted by molar-refractivity contribution is 4.76. The van der Waals surface area contributed by atoms with Crippen LogP contribution in [0.1, 0.15) is 12.2 Å². The standard InChI is InChI=1S/C9H17F3N6/c1-13-4-6-18(7-9(10,11)12)5-2-3-8-14-16-17-15-8/h13H,2-7H2,1H3,(H,14,15,16,17). The number of rotatable bonds is 8. The van der Waals surface area contributed by atoms with E-state index in [0.717, 1.165) is 0 Å². The molecule has 6 nitrogen and oxygen atoms in total. The first-order chi connectivity index (χ1) is 8.51. The van der Waals surface area contributed by atoms with E-state index in [1.54, 1.807) is 7.05 Å². The minimum atomic E-state index is -4.17. The SMILES string of the molecule is CNCCN(CCCc1nn[nH]n1)CC(F)(F)F. The molecule has 1 aromatic rings. The molecule has 0 saturated heterocycles. The van der Waals surface area contributed by atoms with E-state index in [-0.39, 0.29) is 0 Å². The molecule has 104 valence electrons. The van der Waals surface area contributed by atoms with Crippen LogP contribution in [0.4, 0.5) is 13.2 Å². The topological polar surface area (TPSA) is 69.7 Å². The van der Waals surface area contributed by atoms with Crippen molar-refractivity contribution in [1.82, 2.24) is 30.8 Å². The second-order valence-electron chi connectivity index (χ2n) is 3.93. The van der Waals surface area contributed by atoms with Crippen molar-refractivity contribution in [2.75, 3.05) is 33.2 Å². The van der Waals surface area contributed by atoms with Gasteiger partial charge in [0.2, 0.25) is 0 Å². The maximum Gasteiger partial charge on any atom is 0.401 e. The van der Waals surface area contributed by atoms with E-state index in [4.69, 9.17) is 0 Å². The summed E-state index contributed by atoms with van der Waals surface area (Å²) in [5.74, 6) is 0.524. The molecule has 0 aliphatic heterocycles. The van der Waals surface area contributed by atoms with Crippen molar-refractivity contribution in [2.45, 2.75) is 19.0 Å². The Hall–Kier alpha value is -1.22. The van der Waals surface area contributed by atoms with Crippen LogP contribution in [0.3, 0.4) is 0 Å². The molecule has 0 bridgehead atoms. The highest BCUT2D eigenvalue weighted by Crippen LogP contribution is 2.16. The van der Waals surface area contributed by atoms with Crippen molar-refractivity contribution in [3.8, 4) is 0 Å². The molecule has 18 heavy (non-hydrogen) atoms. The number of aromatic amines is 1. The summed E-state index contributed by atoms with van der Waals surface area (Å²) in [6, 6.07) is 0. The molecule has 2 N–H and O–H groups in total. The zero-order valence-electron chi connectivity index (χ0n) is 10.2. The average molecular weight is 266 g/mol. The first kappa shape index (κ1) is 14.8. The molecule has 1 heterocycles. The number of nitrogens with zero attached hydrogens (tertiary/aromatic N) is 4. The molecule has 0 aromatic carbocycles. The second-order valence-corrected chi connectivity index (χ2v) is 3.93. The van der Waals surface area contributed by atoms with Gasteiger partial charge in [-0.3, -0.25) is 4.90 Å². The van der Waals surface area contributed by atoms with Crippen LogP contribution in [-0.2, 0) is 6.42 Å². The van der Waals surface area contributed by atoms with Gasteiger partial charge in [0.15, 0.2) is 5.82 Å². The maximum atomic E-state index is 12.3. The van der Waals surface area contributed by atoms with Gasteiger partial charge in [0.1, 0.15) is 0 Å². The van der Waals surface area contributed by atoms with E-state index in [2.05, 4.69) is 25.9 Å². The molecule has 0 radical (unpaired) electrons. The number of hydrogen-bond donors (Lipinski definition) is 2. The van der Waals surface area contributed by atoms with Gasteiger partial charge in [0, 0.05) is 19.5 Å². The summed E-state index contributed by atoms with van der Waals surface area (Å²) >= 11 is 0. The van der Waals surface area contributed by atoms with Crippen molar-refractivity contribution in [1.29, 1.82) is 0 Å². The fraction of sp³-hybridized carbons (Fsp3) is 0.889. The normalized spacial score (nSPS) is 12.3. The molecule has 0 amide bonds. The Balaban J connectivity index is 2.30. The van der Waals surface area contributed by atoms with Crippen LogP contribution in [0.5, 0.6) is 0 Å². The lowest BCUT2D eigenvalue weighted by atomic mass is 10.2. The van der Waals surface area contributed by atoms with E-state index in [9.17, 15) is 13.2 Å². The van der Waals surface area contributed by atoms with Crippen LogP contribution in [0.2, 0.25) is 0 Å². The lowest BCUT2D eigenvalue weighted by Gasteiger charge is -2.23. The zero-order valence-corrected chi connectivity index (χ0v) is 10.2. The summed E-state index contributed by atoms with van der Waals surface area (Å²) in [6.07, 6.45) is -3.08. The smallest absolute Gasteiger partial charge is 0.318 e. The van der Waals surface area contributed by atoms with Crippen molar-refractivity contribution in [3.05, 3.63) is 5.82 Å². The van der Waals surface area contributed by atoms with E-state index >= 15 is 0 Å². The summed E-state index contributed by atoms with van der Waals surface area (Å²) in [7, 11) is 1.71. The largest absolute Gasteiger partial charge is 0.401 e. The van der Waals surface area contributed by atoms with Crippen LogP contribution in [0, 0.1) is 0 Å². The molecule has 0 saturated carbocycles. The third-order valence-electron chi connectivity index (χ3n) is 2.34. The second kappa shape index (κ2) is 7.27. The molecule has 1 rings (SSSR count). The Labute approximate surface area is 103 Å². The van der Waals surface area contributed by atoms with Crippen molar-refractivity contribution < 1.29 is 13.2 Å². The Morgan fingerprint density at radius 3 is 2.67 bits per heavy atom. The Morgan fingerprint density at radius 2 is 2.11 bits per heavy atom. The summed E-state index contributed by atoms with van der Waals surface area (Å²) < 4.78 is 37.0. The fourth-order valence-electron chi connectivity index (χ4n) is 1.54. The van der Waals surface area contributed by atoms with Gasteiger partial charge < -0.3 is 5.32 Å². The molecule has 0 unspecified atom stereocenters. The molecule has 9 heteroatoms. The Kier molecular flexibility index (Phi) is 5.99. The minimum absolute atomic E-state index is 0.357. The first-order valence-corrected chi connectivity index (χ1v) is 5.67. The molecule has 0 atom stereocenters. The summed E-state index contributed by atoms with van der Waals surface area (Å²) in [6.45, 7) is 0.358. The maximum absolute atomic E-state index is 12.3. The van der Waals surface area contributed by atoms with E-state index < -0.39 is 12.7 Å². The third-order valence-corrected chi connectivity index (χ3v) is 2.34. The van der Waals surface area contributed by atoms with E-state index in [0.29, 0.717) is 38.3 Å². The lowest BCUT2D eigenvalue weighted by molar-refractivity contribution is -0.145. The molecule has 1 aromatic heterocycles. The number of nitrogens with one attached hydrogen (secondary N) is 2. The number of likely N-dealkylation sites (N-methyl/N-ethyl adjacent to an activating group) is 1. The number of alkyl halides is 3. The fourth-order valence-corrected chi connectivity index (χ4v) is 1.54. The summed E-state index contributed by atoms with van der Waals surface area (Å²) in [4.78, 5) is 1.37. The van der Waals surface area contributed by atoms with Gasteiger partial charge >= 0.3 is 6.18 Å². The van der Waals surface area contributed by atoms with Crippen LogP contribution in [0.25, 0.3) is 0 Å². The van der Waals surface area contributed by atoms with Gasteiger partial charge in [-0.1, -0.05) is 5.21 Å². The lowest BCUT2D eigenvalue weighted by Crippen LogP contribution is -2.38. The molecule has 0 aliphatic carbocycles. The van der Waals surface area contributed by atoms with Gasteiger partial charge in [-0.05, 0) is 20.0 Å².